The Labute approximate surface area is 106 Å². The van der Waals surface area contributed by atoms with E-state index in [9.17, 15) is 0 Å². The quantitative estimate of drug-likeness (QED) is 0.779. The highest BCUT2D eigenvalue weighted by atomic mass is 15.3. The first kappa shape index (κ1) is 12.3. The molecule has 0 aliphatic carbocycles. The van der Waals surface area contributed by atoms with Crippen molar-refractivity contribution in [2.24, 2.45) is 0 Å². The minimum Gasteiger partial charge on any atom is -0.382 e. The van der Waals surface area contributed by atoms with E-state index in [1.807, 2.05) is 11.6 Å². The van der Waals surface area contributed by atoms with Crippen molar-refractivity contribution in [3.8, 4) is 0 Å². The Balaban J connectivity index is 1.76. The van der Waals surface area contributed by atoms with Gasteiger partial charge in [0, 0.05) is 18.8 Å². The maximum atomic E-state index is 5.46. The largest absolute Gasteiger partial charge is 0.382 e. The van der Waals surface area contributed by atoms with Crippen LogP contribution in [0.3, 0.4) is 0 Å². The molecule has 0 saturated heterocycles. The van der Waals surface area contributed by atoms with Crippen LogP contribution in [0.2, 0.25) is 0 Å². The molecular formula is C12H18N6. The summed E-state index contributed by atoms with van der Waals surface area (Å²) in [6.07, 6.45) is 4.16. The first-order valence-corrected chi connectivity index (χ1v) is 5.97. The van der Waals surface area contributed by atoms with Gasteiger partial charge < -0.3 is 11.1 Å². The zero-order valence-corrected chi connectivity index (χ0v) is 10.7. The van der Waals surface area contributed by atoms with E-state index >= 15 is 0 Å². The van der Waals surface area contributed by atoms with Crippen LogP contribution in [-0.2, 0) is 6.54 Å². The maximum absolute atomic E-state index is 5.46. The number of aryl methyl sites for hydroxylation is 3. The second kappa shape index (κ2) is 5.48. The molecule has 96 valence electrons. The summed E-state index contributed by atoms with van der Waals surface area (Å²) in [6.45, 7) is 5.80. The first-order valence-electron chi connectivity index (χ1n) is 5.97. The van der Waals surface area contributed by atoms with E-state index in [0.717, 1.165) is 31.0 Å². The Morgan fingerprint density at radius 2 is 2.11 bits per heavy atom. The molecule has 18 heavy (non-hydrogen) atoms. The molecule has 6 nitrogen and oxygen atoms in total. The molecule has 2 heterocycles. The van der Waals surface area contributed by atoms with Gasteiger partial charge in [0.15, 0.2) is 0 Å². The third-order valence-corrected chi connectivity index (χ3v) is 2.63. The van der Waals surface area contributed by atoms with Crippen molar-refractivity contribution in [3.63, 3.8) is 0 Å². The van der Waals surface area contributed by atoms with Gasteiger partial charge in [-0.15, -0.1) is 0 Å². The van der Waals surface area contributed by atoms with Crippen LogP contribution in [0.15, 0.2) is 18.5 Å². The summed E-state index contributed by atoms with van der Waals surface area (Å²) in [4.78, 5) is 8.09. The minimum absolute atomic E-state index is 0.434. The number of rotatable bonds is 5. The highest BCUT2D eigenvalue weighted by Gasteiger charge is 2.00. The second-order valence-electron chi connectivity index (χ2n) is 4.26. The van der Waals surface area contributed by atoms with Crippen LogP contribution in [0, 0.1) is 13.8 Å². The highest BCUT2D eigenvalue weighted by Crippen LogP contribution is 2.04. The molecule has 0 aromatic carbocycles. The highest BCUT2D eigenvalue weighted by molar-refractivity contribution is 5.35. The third-order valence-electron chi connectivity index (χ3n) is 2.63. The van der Waals surface area contributed by atoms with E-state index in [4.69, 9.17) is 5.73 Å². The molecule has 0 unspecified atom stereocenters. The van der Waals surface area contributed by atoms with Crippen LogP contribution in [0.5, 0.6) is 0 Å². The van der Waals surface area contributed by atoms with Gasteiger partial charge in [-0.25, -0.2) is 9.97 Å². The molecule has 0 fully saturated rings. The number of hydrogen-bond acceptors (Lipinski definition) is 5. The van der Waals surface area contributed by atoms with E-state index in [0.29, 0.717) is 5.82 Å². The molecule has 6 heteroatoms. The summed E-state index contributed by atoms with van der Waals surface area (Å²) in [7, 11) is 0. The van der Waals surface area contributed by atoms with Gasteiger partial charge in [-0.2, -0.15) is 5.10 Å². The zero-order valence-electron chi connectivity index (χ0n) is 10.7. The lowest BCUT2D eigenvalue weighted by atomic mass is 10.4. The molecule has 0 spiro atoms. The van der Waals surface area contributed by atoms with Gasteiger partial charge in [0.05, 0.1) is 18.1 Å². The average molecular weight is 246 g/mol. The van der Waals surface area contributed by atoms with E-state index < -0.39 is 0 Å². The molecule has 0 radical (unpaired) electrons. The molecule has 2 aromatic rings. The van der Waals surface area contributed by atoms with E-state index in [2.05, 4.69) is 33.4 Å². The molecule has 0 bridgehead atoms. The van der Waals surface area contributed by atoms with Crippen LogP contribution in [0.1, 0.15) is 17.8 Å². The average Bonchev–Trinajstić information content (AvgIpc) is 2.66. The van der Waals surface area contributed by atoms with Gasteiger partial charge in [-0.05, 0) is 26.3 Å². The monoisotopic (exact) mass is 246 g/mol. The Bertz CT molecular complexity index is 502. The molecule has 2 aromatic heterocycles. The number of nitrogen functional groups attached to an aromatic ring is 1. The van der Waals surface area contributed by atoms with Crippen molar-refractivity contribution >= 4 is 11.6 Å². The number of aromatic nitrogens is 4. The Morgan fingerprint density at radius 3 is 2.72 bits per heavy atom. The van der Waals surface area contributed by atoms with E-state index in [1.165, 1.54) is 5.69 Å². The SMILES string of the molecule is Cc1cc(C)n(CCCNc2cnc(N)cn2)n1. The fraction of sp³-hybridized carbons (Fsp3) is 0.417. The number of nitrogens with zero attached hydrogens (tertiary/aromatic N) is 4. The lowest BCUT2D eigenvalue weighted by Crippen LogP contribution is -2.10. The molecule has 0 amide bonds. The van der Waals surface area contributed by atoms with Gasteiger partial charge in [0.25, 0.3) is 0 Å². The van der Waals surface area contributed by atoms with E-state index in [1.54, 1.807) is 12.4 Å². The normalized spacial score (nSPS) is 10.6. The number of anilines is 2. The van der Waals surface area contributed by atoms with Crippen LogP contribution in [0.25, 0.3) is 0 Å². The van der Waals surface area contributed by atoms with Crippen molar-refractivity contribution in [1.82, 2.24) is 19.7 Å². The van der Waals surface area contributed by atoms with Crippen molar-refractivity contribution < 1.29 is 0 Å². The molecule has 0 saturated carbocycles. The number of nitrogens with two attached hydrogens (primary N) is 1. The lowest BCUT2D eigenvalue weighted by Gasteiger charge is -2.06. The predicted octanol–water partition coefficient (Wildman–Crippen LogP) is 1.37. The predicted molar refractivity (Wildman–Crippen MR) is 71.3 cm³/mol. The molecule has 0 atom stereocenters. The summed E-state index contributed by atoms with van der Waals surface area (Å²) in [5.41, 5.74) is 7.72. The van der Waals surface area contributed by atoms with Crippen molar-refractivity contribution in [1.29, 1.82) is 0 Å². The van der Waals surface area contributed by atoms with Crippen LogP contribution in [-0.4, -0.2) is 26.3 Å². The lowest BCUT2D eigenvalue weighted by molar-refractivity contribution is 0.573. The molecule has 2 rings (SSSR count). The Morgan fingerprint density at radius 1 is 1.28 bits per heavy atom. The minimum atomic E-state index is 0.434. The van der Waals surface area contributed by atoms with Crippen LogP contribution < -0.4 is 11.1 Å². The fourth-order valence-electron chi connectivity index (χ4n) is 1.78. The first-order chi connectivity index (χ1) is 8.65. The summed E-state index contributed by atoms with van der Waals surface area (Å²) in [5, 5.41) is 7.61. The number of nitrogens with one attached hydrogen (secondary N) is 1. The van der Waals surface area contributed by atoms with Gasteiger partial charge in [0.1, 0.15) is 11.6 Å². The van der Waals surface area contributed by atoms with Crippen molar-refractivity contribution in [2.75, 3.05) is 17.6 Å². The summed E-state index contributed by atoms with van der Waals surface area (Å²) < 4.78 is 2.02. The van der Waals surface area contributed by atoms with Crippen LogP contribution in [0.4, 0.5) is 11.6 Å². The summed E-state index contributed by atoms with van der Waals surface area (Å²) in [5.74, 6) is 1.18. The van der Waals surface area contributed by atoms with Gasteiger partial charge in [-0.1, -0.05) is 0 Å². The summed E-state index contributed by atoms with van der Waals surface area (Å²) >= 11 is 0. The van der Waals surface area contributed by atoms with Gasteiger partial charge in [0.2, 0.25) is 0 Å². The molecular weight excluding hydrogens is 228 g/mol. The molecule has 0 aliphatic rings. The summed E-state index contributed by atoms with van der Waals surface area (Å²) in [6, 6.07) is 2.08. The Hall–Kier alpha value is -2.11. The zero-order chi connectivity index (χ0) is 13.0. The van der Waals surface area contributed by atoms with Gasteiger partial charge >= 0.3 is 0 Å². The smallest absolute Gasteiger partial charge is 0.144 e. The third kappa shape index (κ3) is 3.19. The van der Waals surface area contributed by atoms with Crippen LogP contribution >= 0.6 is 0 Å². The number of hydrogen-bond donors (Lipinski definition) is 2. The second-order valence-corrected chi connectivity index (χ2v) is 4.26. The van der Waals surface area contributed by atoms with Crippen molar-refractivity contribution in [2.45, 2.75) is 26.8 Å². The Kier molecular flexibility index (Phi) is 3.76. The van der Waals surface area contributed by atoms with Gasteiger partial charge in [-0.3, -0.25) is 4.68 Å². The van der Waals surface area contributed by atoms with Crippen molar-refractivity contribution in [3.05, 3.63) is 29.8 Å². The topological polar surface area (TPSA) is 81.7 Å². The van der Waals surface area contributed by atoms with E-state index in [-0.39, 0.29) is 0 Å². The molecule has 0 aliphatic heterocycles. The fourth-order valence-corrected chi connectivity index (χ4v) is 1.78. The molecule has 3 N–H and O–H groups in total. The maximum Gasteiger partial charge on any atom is 0.144 e. The standard InChI is InChI=1S/C12H18N6/c1-9-6-10(2)18(17-9)5-3-4-14-12-8-15-11(13)7-16-12/h6-8H,3-5H2,1-2H3,(H2,13,15)(H,14,16).